The summed E-state index contributed by atoms with van der Waals surface area (Å²) in [5.74, 6) is 9.18. The first kappa shape index (κ1) is 16.0. The Balaban J connectivity index is 1.25. The van der Waals surface area contributed by atoms with Crippen molar-refractivity contribution in [3.63, 3.8) is 0 Å². The minimum Gasteiger partial charge on any atom is -0.430 e. The van der Waals surface area contributed by atoms with Gasteiger partial charge in [0.25, 0.3) is 0 Å². The van der Waals surface area contributed by atoms with Crippen LogP contribution in [0.3, 0.4) is 0 Å². The van der Waals surface area contributed by atoms with Gasteiger partial charge in [0.1, 0.15) is 11.7 Å². The second kappa shape index (κ2) is 4.89. The Bertz CT molecular complexity index is 675. The number of allylic oxidation sites excluding steroid dienone is 2. The molecule has 3 nitrogen and oxygen atoms in total. The van der Waals surface area contributed by atoms with Crippen LogP contribution in [-0.2, 0) is 9.47 Å². The average Bonchev–Trinajstić information content (AvgIpc) is 3.33. The van der Waals surface area contributed by atoms with E-state index >= 15 is 0 Å². The zero-order valence-corrected chi connectivity index (χ0v) is 16.4. The molecule has 0 saturated heterocycles. The van der Waals surface area contributed by atoms with Crippen molar-refractivity contribution in [1.82, 2.24) is 0 Å². The maximum absolute atomic E-state index is 12.3. The Morgan fingerprint density at radius 2 is 1.42 bits per heavy atom. The van der Waals surface area contributed by atoms with Gasteiger partial charge >= 0.3 is 6.16 Å². The van der Waals surface area contributed by atoms with Gasteiger partial charge in [-0.2, -0.15) is 0 Å². The Morgan fingerprint density at radius 3 is 2.04 bits per heavy atom. The van der Waals surface area contributed by atoms with Crippen molar-refractivity contribution in [2.75, 3.05) is 0 Å². The van der Waals surface area contributed by atoms with E-state index in [0.29, 0.717) is 11.8 Å². The van der Waals surface area contributed by atoms with E-state index in [0.717, 1.165) is 53.3 Å². The molecular weight excluding hydrogens is 324 g/mol. The number of carbonyl (C=O) groups is 1. The Labute approximate surface area is 156 Å². The van der Waals surface area contributed by atoms with Gasteiger partial charge in [-0.25, -0.2) is 4.79 Å². The monoisotopic (exact) mass is 356 g/mol. The van der Waals surface area contributed by atoms with E-state index < -0.39 is 11.8 Å². The summed E-state index contributed by atoms with van der Waals surface area (Å²) >= 11 is 0. The standard InChI is InChI=1S/C23H32O3/c1-10-13-8-16(21(10)25-22(24)26-23(2,3)4)20-15-9-14(19(13)20)17-11-5-6-12(7-11)18(15)17/h5-6,10-21H,7-9H2,1-4H3. The van der Waals surface area contributed by atoms with Crippen LogP contribution in [0.1, 0.15) is 47.0 Å². The molecule has 0 radical (unpaired) electrons. The van der Waals surface area contributed by atoms with Crippen molar-refractivity contribution in [2.24, 2.45) is 65.1 Å². The van der Waals surface area contributed by atoms with Crippen LogP contribution in [0.4, 0.5) is 4.79 Å². The highest BCUT2D eigenvalue weighted by atomic mass is 16.7. The summed E-state index contributed by atoms with van der Waals surface area (Å²) in [6.07, 6.45) is 8.91. The molecule has 6 rings (SSSR count). The first-order valence-electron chi connectivity index (χ1n) is 10.9. The second-order valence-electron chi connectivity index (χ2n) is 11.3. The van der Waals surface area contributed by atoms with Crippen molar-refractivity contribution in [3.05, 3.63) is 12.2 Å². The molecule has 6 aliphatic rings. The maximum atomic E-state index is 12.3. The first-order valence-corrected chi connectivity index (χ1v) is 10.9. The van der Waals surface area contributed by atoms with E-state index in [4.69, 9.17) is 9.47 Å². The van der Waals surface area contributed by atoms with Crippen molar-refractivity contribution in [2.45, 2.75) is 58.7 Å². The van der Waals surface area contributed by atoms with Crippen LogP contribution in [0.25, 0.3) is 0 Å². The van der Waals surface area contributed by atoms with Gasteiger partial charge in [-0.05, 0) is 99.2 Å². The van der Waals surface area contributed by atoms with E-state index in [1.54, 1.807) is 0 Å². The molecule has 0 amide bonds. The highest BCUT2D eigenvalue weighted by Crippen LogP contribution is 2.76. The minimum atomic E-state index is -0.477. The first-order chi connectivity index (χ1) is 12.3. The average molecular weight is 357 g/mol. The molecule has 5 saturated carbocycles. The minimum absolute atomic E-state index is 0.0861. The fourth-order valence-corrected chi connectivity index (χ4v) is 9.10. The van der Waals surface area contributed by atoms with E-state index in [1.165, 1.54) is 19.3 Å². The summed E-state index contributed by atoms with van der Waals surface area (Å²) in [7, 11) is 0. The molecule has 26 heavy (non-hydrogen) atoms. The van der Waals surface area contributed by atoms with Gasteiger partial charge < -0.3 is 9.47 Å². The lowest BCUT2D eigenvalue weighted by atomic mass is 9.59. The third-order valence-electron chi connectivity index (χ3n) is 9.32. The summed E-state index contributed by atoms with van der Waals surface area (Å²) < 4.78 is 11.4. The van der Waals surface area contributed by atoms with Gasteiger partial charge in [-0.3, -0.25) is 0 Å². The fourth-order valence-electron chi connectivity index (χ4n) is 9.10. The van der Waals surface area contributed by atoms with E-state index in [2.05, 4.69) is 19.1 Å². The predicted molar refractivity (Wildman–Crippen MR) is 98.2 cm³/mol. The van der Waals surface area contributed by atoms with E-state index in [-0.39, 0.29) is 6.10 Å². The number of fused-ring (bicyclic) bond motifs is 16. The Morgan fingerprint density at radius 1 is 0.846 bits per heavy atom. The maximum Gasteiger partial charge on any atom is 0.509 e. The van der Waals surface area contributed by atoms with Crippen LogP contribution in [0.2, 0.25) is 0 Å². The number of hydrogen-bond donors (Lipinski definition) is 0. The summed E-state index contributed by atoms with van der Waals surface area (Å²) in [5.41, 5.74) is -0.477. The zero-order valence-electron chi connectivity index (χ0n) is 16.4. The SMILES string of the molecule is CC1C2CC(C1OC(=O)OC(C)(C)C)C1C3CC(C4C5C=CC(C5)C34)C21. The van der Waals surface area contributed by atoms with Crippen LogP contribution in [0.15, 0.2) is 12.2 Å². The molecule has 142 valence electrons. The molecule has 6 aliphatic carbocycles. The van der Waals surface area contributed by atoms with Gasteiger partial charge in [0.05, 0.1) is 0 Å². The number of carbonyl (C=O) groups excluding carboxylic acids is 1. The molecule has 0 aromatic carbocycles. The molecule has 0 aromatic rings. The lowest BCUT2D eigenvalue weighted by molar-refractivity contribution is -0.0818. The lowest BCUT2D eigenvalue weighted by Gasteiger charge is -2.47. The quantitative estimate of drug-likeness (QED) is 0.380. The highest BCUT2D eigenvalue weighted by Gasteiger charge is 2.72. The van der Waals surface area contributed by atoms with Crippen LogP contribution in [-0.4, -0.2) is 17.9 Å². The van der Waals surface area contributed by atoms with Crippen molar-refractivity contribution in [3.8, 4) is 0 Å². The molecule has 0 aromatic heterocycles. The van der Waals surface area contributed by atoms with Gasteiger partial charge in [0, 0.05) is 5.92 Å². The van der Waals surface area contributed by atoms with Gasteiger partial charge in [-0.1, -0.05) is 19.1 Å². The molecule has 5 fully saturated rings. The predicted octanol–water partition coefficient (Wildman–Crippen LogP) is 4.91. The van der Waals surface area contributed by atoms with Crippen molar-refractivity contribution in [1.29, 1.82) is 0 Å². The number of rotatable bonds is 1. The molecule has 3 heteroatoms. The Hall–Kier alpha value is -0.990. The molecule has 12 atom stereocenters. The molecule has 12 unspecified atom stereocenters. The van der Waals surface area contributed by atoms with Crippen LogP contribution < -0.4 is 0 Å². The highest BCUT2D eigenvalue weighted by molar-refractivity contribution is 5.61. The second-order valence-corrected chi connectivity index (χ2v) is 11.3. The molecule has 0 aliphatic heterocycles. The van der Waals surface area contributed by atoms with Crippen molar-refractivity contribution < 1.29 is 14.3 Å². The molecule has 0 N–H and O–H groups in total. The summed E-state index contributed by atoms with van der Waals surface area (Å²) in [4.78, 5) is 12.3. The van der Waals surface area contributed by atoms with Crippen LogP contribution in [0.5, 0.6) is 0 Å². The lowest BCUT2D eigenvalue weighted by Crippen LogP contribution is -2.47. The van der Waals surface area contributed by atoms with Crippen molar-refractivity contribution >= 4 is 6.16 Å². The molecule has 0 spiro atoms. The van der Waals surface area contributed by atoms with Crippen LogP contribution in [0, 0.1) is 65.1 Å². The smallest absolute Gasteiger partial charge is 0.430 e. The third-order valence-corrected chi connectivity index (χ3v) is 9.32. The Kier molecular flexibility index (Phi) is 3.01. The zero-order chi connectivity index (χ0) is 18.0. The molecule has 6 bridgehead atoms. The summed E-state index contributed by atoms with van der Waals surface area (Å²) in [6.45, 7) is 8.06. The number of hydrogen-bond acceptors (Lipinski definition) is 3. The third kappa shape index (κ3) is 1.88. The number of ether oxygens (including phenoxy) is 2. The topological polar surface area (TPSA) is 35.5 Å². The summed E-state index contributed by atoms with van der Waals surface area (Å²) in [5, 5.41) is 0. The van der Waals surface area contributed by atoms with Gasteiger partial charge in [0.2, 0.25) is 0 Å². The van der Waals surface area contributed by atoms with E-state index in [9.17, 15) is 4.79 Å². The molecular formula is C23H32O3. The molecule has 0 heterocycles. The fraction of sp³-hybridized carbons (Fsp3) is 0.870. The van der Waals surface area contributed by atoms with Gasteiger partial charge in [0.15, 0.2) is 0 Å². The summed E-state index contributed by atoms with van der Waals surface area (Å²) in [6, 6.07) is 0. The van der Waals surface area contributed by atoms with Gasteiger partial charge in [-0.15, -0.1) is 0 Å². The normalized spacial score (nSPS) is 57.5. The van der Waals surface area contributed by atoms with Crippen LogP contribution >= 0.6 is 0 Å². The largest absolute Gasteiger partial charge is 0.509 e. The van der Waals surface area contributed by atoms with E-state index in [1.807, 2.05) is 20.8 Å².